The molecule has 0 atom stereocenters. The number of amides is 1. The molecule has 0 spiro atoms. The molecule has 0 aliphatic carbocycles. The van der Waals surface area contributed by atoms with Crippen molar-refractivity contribution < 1.29 is 13.9 Å². The smallest absolute Gasteiger partial charge is 0.266 e. The molecule has 4 nitrogen and oxygen atoms in total. The molecular weight excluding hydrogens is 471 g/mol. The van der Waals surface area contributed by atoms with Gasteiger partial charge in [0.05, 0.1) is 4.47 Å². The number of nitrogens with one attached hydrogen (secondary N) is 1. The topological polar surface area (TPSA) is 62.1 Å². The van der Waals surface area contributed by atoms with E-state index in [1.807, 2.05) is 6.07 Å². The summed E-state index contributed by atoms with van der Waals surface area (Å²) in [6.07, 6.45) is 1.49. The minimum atomic E-state index is -0.521. The van der Waals surface area contributed by atoms with Gasteiger partial charge in [0, 0.05) is 10.7 Å². The number of anilines is 1. The highest BCUT2D eigenvalue weighted by atomic mass is 79.9. The van der Waals surface area contributed by atoms with Gasteiger partial charge in [0.15, 0.2) is 0 Å². The van der Waals surface area contributed by atoms with Crippen molar-refractivity contribution >= 4 is 45.2 Å². The highest BCUT2D eigenvalue weighted by Crippen LogP contribution is 2.28. The molecule has 0 heterocycles. The summed E-state index contributed by atoms with van der Waals surface area (Å²) in [6, 6.07) is 19.8. The first-order chi connectivity index (χ1) is 14.4. The van der Waals surface area contributed by atoms with Crippen molar-refractivity contribution in [2.45, 2.75) is 6.61 Å². The summed E-state index contributed by atoms with van der Waals surface area (Å²) < 4.78 is 19.4. The van der Waals surface area contributed by atoms with Crippen LogP contribution in [0.25, 0.3) is 6.08 Å². The lowest BCUT2D eigenvalue weighted by Gasteiger charge is -2.09. The molecule has 0 bridgehead atoms. The lowest BCUT2D eigenvalue weighted by molar-refractivity contribution is -0.112. The molecule has 0 radical (unpaired) electrons. The Morgan fingerprint density at radius 3 is 2.47 bits per heavy atom. The van der Waals surface area contributed by atoms with Crippen LogP contribution in [0.15, 0.2) is 76.8 Å². The van der Waals surface area contributed by atoms with Crippen molar-refractivity contribution in [1.82, 2.24) is 0 Å². The number of carbonyl (C=O) groups excluding carboxylic acids is 1. The minimum absolute atomic E-state index is 0.0446. The Morgan fingerprint density at radius 1 is 1.13 bits per heavy atom. The summed E-state index contributed by atoms with van der Waals surface area (Å²) in [5.41, 5.74) is 1.98. The second-order valence-corrected chi connectivity index (χ2v) is 7.53. The molecule has 0 aliphatic heterocycles. The van der Waals surface area contributed by atoms with Crippen LogP contribution < -0.4 is 10.1 Å². The summed E-state index contributed by atoms with van der Waals surface area (Å²) in [5.74, 6) is -0.238. The van der Waals surface area contributed by atoms with Crippen molar-refractivity contribution in [3.63, 3.8) is 0 Å². The van der Waals surface area contributed by atoms with Crippen molar-refractivity contribution in [1.29, 1.82) is 5.26 Å². The highest BCUT2D eigenvalue weighted by Gasteiger charge is 2.11. The van der Waals surface area contributed by atoms with Crippen molar-refractivity contribution in [3.8, 4) is 11.8 Å². The molecule has 3 rings (SSSR count). The van der Waals surface area contributed by atoms with Crippen LogP contribution in [0.4, 0.5) is 10.1 Å². The van der Waals surface area contributed by atoms with Crippen LogP contribution in [0.1, 0.15) is 11.1 Å². The van der Waals surface area contributed by atoms with Crippen LogP contribution in [-0.4, -0.2) is 5.91 Å². The van der Waals surface area contributed by atoms with Gasteiger partial charge in [-0.05, 0) is 81.7 Å². The Morgan fingerprint density at radius 2 is 1.83 bits per heavy atom. The van der Waals surface area contributed by atoms with E-state index in [2.05, 4.69) is 21.2 Å². The van der Waals surface area contributed by atoms with Crippen molar-refractivity contribution in [2.24, 2.45) is 0 Å². The number of benzene rings is 3. The van der Waals surface area contributed by atoms with E-state index in [1.165, 1.54) is 18.2 Å². The second kappa shape index (κ2) is 10.1. The molecule has 0 unspecified atom stereocenters. The van der Waals surface area contributed by atoms with Gasteiger partial charge >= 0.3 is 0 Å². The standard InChI is InChI=1S/C23H15BrClFN2O2/c24-21-12-16(3-10-22(21)30-14-15-1-6-19(26)7-2-15)11-17(13-27)23(29)28-20-8-4-18(25)5-9-20/h1-12H,14H2,(H,28,29)/b17-11-. The summed E-state index contributed by atoms with van der Waals surface area (Å²) in [6.45, 7) is 0.279. The molecule has 0 aromatic heterocycles. The number of nitriles is 1. The first-order valence-corrected chi connectivity index (χ1v) is 9.97. The quantitative estimate of drug-likeness (QED) is 0.326. The number of rotatable bonds is 6. The van der Waals surface area contributed by atoms with Crippen LogP contribution in [0.5, 0.6) is 5.75 Å². The molecule has 1 amide bonds. The molecule has 30 heavy (non-hydrogen) atoms. The molecular formula is C23H15BrClFN2O2. The third-order valence-electron chi connectivity index (χ3n) is 4.04. The maximum absolute atomic E-state index is 13.0. The average Bonchev–Trinajstić information content (AvgIpc) is 2.74. The summed E-state index contributed by atoms with van der Waals surface area (Å²) in [7, 11) is 0. The van der Waals surface area contributed by atoms with Gasteiger partial charge in [0.25, 0.3) is 5.91 Å². The Balaban J connectivity index is 1.69. The van der Waals surface area contributed by atoms with Gasteiger partial charge in [-0.3, -0.25) is 4.79 Å². The van der Waals surface area contributed by atoms with E-state index < -0.39 is 5.91 Å². The number of hydrogen-bond donors (Lipinski definition) is 1. The zero-order chi connectivity index (χ0) is 21.5. The van der Waals surface area contributed by atoms with Gasteiger partial charge in [0.1, 0.15) is 29.8 Å². The van der Waals surface area contributed by atoms with Crippen LogP contribution in [0.3, 0.4) is 0 Å². The van der Waals surface area contributed by atoms with E-state index in [1.54, 1.807) is 54.6 Å². The molecule has 7 heteroatoms. The second-order valence-electron chi connectivity index (χ2n) is 6.24. The molecule has 150 valence electrons. The van der Waals surface area contributed by atoms with E-state index in [4.69, 9.17) is 16.3 Å². The summed E-state index contributed by atoms with van der Waals surface area (Å²) >= 11 is 9.26. The lowest BCUT2D eigenvalue weighted by atomic mass is 10.1. The van der Waals surface area contributed by atoms with Gasteiger partial charge in [-0.15, -0.1) is 0 Å². The molecule has 0 fully saturated rings. The van der Waals surface area contributed by atoms with Gasteiger partial charge in [-0.25, -0.2) is 4.39 Å². The highest BCUT2D eigenvalue weighted by molar-refractivity contribution is 9.10. The van der Waals surface area contributed by atoms with Gasteiger partial charge < -0.3 is 10.1 Å². The molecule has 0 saturated heterocycles. The Bertz CT molecular complexity index is 1120. The van der Waals surface area contributed by atoms with Crippen molar-refractivity contribution in [2.75, 3.05) is 5.32 Å². The minimum Gasteiger partial charge on any atom is -0.488 e. The van der Waals surface area contributed by atoms with E-state index >= 15 is 0 Å². The molecule has 0 aliphatic rings. The Kier molecular flexibility index (Phi) is 7.23. The first kappa shape index (κ1) is 21.6. The Labute approximate surface area is 186 Å². The molecule has 3 aromatic rings. The summed E-state index contributed by atoms with van der Waals surface area (Å²) in [4.78, 5) is 12.4. The van der Waals surface area contributed by atoms with Crippen molar-refractivity contribution in [3.05, 3.63) is 98.7 Å². The fourth-order valence-corrected chi connectivity index (χ4v) is 3.15. The van der Waals surface area contributed by atoms with Gasteiger partial charge in [0.2, 0.25) is 0 Å². The van der Waals surface area contributed by atoms with E-state index in [0.717, 1.165) is 5.56 Å². The third kappa shape index (κ3) is 5.93. The largest absolute Gasteiger partial charge is 0.488 e. The first-order valence-electron chi connectivity index (χ1n) is 8.80. The van der Waals surface area contributed by atoms with E-state index in [0.29, 0.717) is 26.5 Å². The predicted molar refractivity (Wildman–Crippen MR) is 119 cm³/mol. The zero-order valence-corrected chi connectivity index (χ0v) is 17.9. The van der Waals surface area contributed by atoms with Crippen LogP contribution >= 0.6 is 27.5 Å². The maximum atomic E-state index is 13.0. The van der Waals surface area contributed by atoms with Crippen LogP contribution in [0.2, 0.25) is 5.02 Å². The molecule has 0 saturated carbocycles. The molecule has 1 N–H and O–H groups in total. The number of halogens is 3. The van der Waals surface area contributed by atoms with E-state index in [9.17, 15) is 14.4 Å². The monoisotopic (exact) mass is 484 g/mol. The molecule has 3 aromatic carbocycles. The van der Waals surface area contributed by atoms with Crippen LogP contribution in [-0.2, 0) is 11.4 Å². The predicted octanol–water partition coefficient (Wildman–Crippen LogP) is 6.37. The maximum Gasteiger partial charge on any atom is 0.266 e. The van der Waals surface area contributed by atoms with Crippen LogP contribution in [0, 0.1) is 17.1 Å². The normalized spacial score (nSPS) is 10.9. The summed E-state index contributed by atoms with van der Waals surface area (Å²) in [5, 5.41) is 12.6. The van der Waals surface area contributed by atoms with Gasteiger partial charge in [-0.1, -0.05) is 29.8 Å². The average molecular weight is 486 g/mol. The van der Waals surface area contributed by atoms with E-state index in [-0.39, 0.29) is 18.0 Å². The number of nitrogens with zero attached hydrogens (tertiary/aromatic N) is 1. The fraction of sp³-hybridized carbons (Fsp3) is 0.0435. The number of ether oxygens (including phenoxy) is 1. The number of hydrogen-bond acceptors (Lipinski definition) is 3. The fourth-order valence-electron chi connectivity index (χ4n) is 2.51. The Hall–Kier alpha value is -3.14. The lowest BCUT2D eigenvalue weighted by Crippen LogP contribution is -2.13. The SMILES string of the molecule is N#C/C(=C/c1ccc(OCc2ccc(F)cc2)c(Br)c1)C(=O)Nc1ccc(Cl)cc1. The van der Waals surface area contributed by atoms with Gasteiger partial charge in [-0.2, -0.15) is 5.26 Å². The zero-order valence-electron chi connectivity index (χ0n) is 15.5. The number of carbonyl (C=O) groups is 1. The third-order valence-corrected chi connectivity index (χ3v) is 4.91.